The van der Waals surface area contributed by atoms with Crippen LogP contribution < -0.4 is 0 Å². The van der Waals surface area contributed by atoms with E-state index in [-0.39, 0.29) is 0 Å². The minimum atomic E-state index is 0.833. The second-order valence-corrected chi connectivity index (χ2v) is 6.99. The average molecular weight is 303 g/mol. The molecule has 122 valence electrons. The third-order valence-electron chi connectivity index (χ3n) is 4.40. The second-order valence-electron chi connectivity index (χ2n) is 6.61. The van der Waals surface area contributed by atoms with Crippen LogP contribution in [0.25, 0.3) is 0 Å². The topological polar surface area (TPSA) is 0 Å². The molecule has 0 saturated carbocycles. The summed E-state index contributed by atoms with van der Waals surface area (Å²) in [4.78, 5) is 0. The van der Waals surface area contributed by atoms with Gasteiger partial charge in [0, 0.05) is 5.88 Å². The molecule has 0 aromatic carbocycles. The molecule has 1 heteroatoms. The van der Waals surface area contributed by atoms with Crippen molar-refractivity contribution in [1.82, 2.24) is 0 Å². The van der Waals surface area contributed by atoms with Gasteiger partial charge in [-0.25, -0.2) is 0 Å². The van der Waals surface area contributed by atoms with E-state index in [1.165, 1.54) is 96.3 Å². The molecular formula is C19H39Cl. The molecule has 0 spiro atoms. The molecule has 0 rings (SSSR count). The lowest BCUT2D eigenvalue weighted by Crippen LogP contribution is -1.95. The summed E-state index contributed by atoms with van der Waals surface area (Å²) in [6.07, 6.45) is 21.4. The van der Waals surface area contributed by atoms with Crippen LogP contribution >= 0.6 is 11.6 Å². The molecule has 0 aliphatic rings. The zero-order valence-electron chi connectivity index (χ0n) is 14.3. The van der Waals surface area contributed by atoms with E-state index in [1.807, 2.05) is 0 Å². The predicted molar refractivity (Wildman–Crippen MR) is 94.8 cm³/mol. The van der Waals surface area contributed by atoms with Gasteiger partial charge in [0.2, 0.25) is 0 Å². The van der Waals surface area contributed by atoms with Crippen LogP contribution in [0.3, 0.4) is 0 Å². The zero-order chi connectivity index (χ0) is 14.9. The Labute approximate surface area is 134 Å². The van der Waals surface area contributed by atoms with Gasteiger partial charge in [0.25, 0.3) is 0 Å². The summed E-state index contributed by atoms with van der Waals surface area (Å²) in [5.41, 5.74) is 0. The number of halogens is 1. The van der Waals surface area contributed by atoms with E-state index < -0.39 is 0 Å². The molecule has 0 aliphatic carbocycles. The van der Waals surface area contributed by atoms with E-state index in [4.69, 9.17) is 11.6 Å². The molecule has 0 N–H and O–H groups in total. The first kappa shape index (κ1) is 20.3. The molecule has 0 heterocycles. The first-order valence-electron chi connectivity index (χ1n) is 9.37. The van der Waals surface area contributed by atoms with Crippen molar-refractivity contribution in [3.8, 4) is 0 Å². The zero-order valence-corrected chi connectivity index (χ0v) is 15.0. The number of rotatable bonds is 16. The lowest BCUT2D eigenvalue weighted by molar-refractivity contribution is 0.470. The van der Waals surface area contributed by atoms with E-state index in [0.717, 1.165) is 11.8 Å². The molecule has 0 nitrogen and oxygen atoms in total. The fraction of sp³-hybridized carbons (Fsp3) is 1.00. The van der Waals surface area contributed by atoms with Crippen LogP contribution in [0.1, 0.15) is 110 Å². The van der Waals surface area contributed by atoms with E-state index in [2.05, 4.69) is 13.8 Å². The van der Waals surface area contributed by atoms with Crippen LogP contribution in [-0.2, 0) is 0 Å². The van der Waals surface area contributed by atoms with Crippen molar-refractivity contribution < 1.29 is 0 Å². The Balaban J connectivity index is 2.99. The van der Waals surface area contributed by atoms with Crippen molar-refractivity contribution in [2.45, 2.75) is 110 Å². The number of hydrogen-bond acceptors (Lipinski definition) is 0. The highest BCUT2D eigenvalue weighted by molar-refractivity contribution is 6.17. The Morgan fingerprint density at radius 3 is 1.40 bits per heavy atom. The Bertz CT molecular complexity index is 167. The summed E-state index contributed by atoms with van der Waals surface area (Å²) in [7, 11) is 0. The Kier molecular flexibility index (Phi) is 17.6. The van der Waals surface area contributed by atoms with Crippen LogP contribution in [-0.4, -0.2) is 5.88 Å². The smallest absolute Gasteiger partial charge is 0.0225 e. The van der Waals surface area contributed by atoms with Crippen LogP contribution in [0.4, 0.5) is 0 Å². The standard InChI is InChI=1S/C19H39Cl/c1-3-4-5-6-7-8-9-10-11-12-13-14-15-16-19(2)17-18-20/h19H,3-18H2,1-2H3. The summed E-state index contributed by atoms with van der Waals surface area (Å²) < 4.78 is 0. The van der Waals surface area contributed by atoms with Gasteiger partial charge in [0.15, 0.2) is 0 Å². The molecular weight excluding hydrogens is 264 g/mol. The van der Waals surface area contributed by atoms with Crippen molar-refractivity contribution >= 4 is 11.6 Å². The van der Waals surface area contributed by atoms with Crippen molar-refractivity contribution in [1.29, 1.82) is 0 Å². The monoisotopic (exact) mass is 302 g/mol. The van der Waals surface area contributed by atoms with Crippen LogP contribution in [0.5, 0.6) is 0 Å². The molecule has 1 atom stereocenters. The summed E-state index contributed by atoms with van der Waals surface area (Å²) in [5, 5.41) is 0. The third kappa shape index (κ3) is 16.3. The maximum Gasteiger partial charge on any atom is 0.0225 e. The van der Waals surface area contributed by atoms with E-state index in [1.54, 1.807) is 0 Å². The Hall–Kier alpha value is 0.290. The fourth-order valence-electron chi connectivity index (χ4n) is 2.84. The summed E-state index contributed by atoms with van der Waals surface area (Å²) in [5.74, 6) is 1.67. The Morgan fingerprint density at radius 1 is 0.600 bits per heavy atom. The lowest BCUT2D eigenvalue weighted by Gasteiger charge is -2.08. The van der Waals surface area contributed by atoms with Crippen molar-refractivity contribution in [2.24, 2.45) is 5.92 Å². The molecule has 20 heavy (non-hydrogen) atoms. The maximum absolute atomic E-state index is 5.75. The van der Waals surface area contributed by atoms with E-state index in [9.17, 15) is 0 Å². The van der Waals surface area contributed by atoms with Crippen molar-refractivity contribution in [3.63, 3.8) is 0 Å². The third-order valence-corrected chi connectivity index (χ3v) is 4.62. The van der Waals surface area contributed by atoms with Gasteiger partial charge >= 0.3 is 0 Å². The largest absolute Gasteiger partial charge is 0.127 e. The van der Waals surface area contributed by atoms with Gasteiger partial charge < -0.3 is 0 Å². The molecule has 0 aromatic rings. The van der Waals surface area contributed by atoms with Crippen molar-refractivity contribution in [2.75, 3.05) is 5.88 Å². The van der Waals surface area contributed by atoms with Gasteiger partial charge in [0.05, 0.1) is 0 Å². The van der Waals surface area contributed by atoms with Gasteiger partial charge in [-0.3, -0.25) is 0 Å². The molecule has 1 unspecified atom stereocenters. The maximum atomic E-state index is 5.75. The molecule has 0 bridgehead atoms. The number of hydrogen-bond donors (Lipinski definition) is 0. The lowest BCUT2D eigenvalue weighted by atomic mass is 9.99. The van der Waals surface area contributed by atoms with Crippen molar-refractivity contribution in [3.05, 3.63) is 0 Å². The van der Waals surface area contributed by atoms with Crippen LogP contribution in [0.15, 0.2) is 0 Å². The molecule has 0 amide bonds. The number of alkyl halides is 1. The van der Waals surface area contributed by atoms with Gasteiger partial charge in [-0.2, -0.15) is 0 Å². The van der Waals surface area contributed by atoms with Crippen LogP contribution in [0.2, 0.25) is 0 Å². The normalized spacial score (nSPS) is 12.8. The first-order valence-corrected chi connectivity index (χ1v) is 9.90. The minimum absolute atomic E-state index is 0.833. The quantitative estimate of drug-likeness (QED) is 0.202. The highest BCUT2D eigenvalue weighted by Crippen LogP contribution is 2.16. The molecule has 0 fully saturated rings. The molecule has 0 aromatic heterocycles. The fourth-order valence-corrected chi connectivity index (χ4v) is 3.21. The SMILES string of the molecule is CCCCCCCCCCCCCCCC(C)CCCl. The van der Waals surface area contributed by atoms with E-state index >= 15 is 0 Å². The van der Waals surface area contributed by atoms with Gasteiger partial charge in [-0.1, -0.05) is 104 Å². The second kappa shape index (κ2) is 17.3. The molecule has 0 radical (unpaired) electrons. The highest BCUT2D eigenvalue weighted by atomic mass is 35.5. The van der Waals surface area contributed by atoms with E-state index in [0.29, 0.717) is 0 Å². The summed E-state index contributed by atoms with van der Waals surface area (Å²) in [6, 6.07) is 0. The summed E-state index contributed by atoms with van der Waals surface area (Å²) in [6.45, 7) is 4.63. The average Bonchev–Trinajstić information content (AvgIpc) is 2.44. The summed E-state index contributed by atoms with van der Waals surface area (Å²) >= 11 is 5.75. The molecule has 0 saturated heterocycles. The molecule has 0 aliphatic heterocycles. The Morgan fingerprint density at radius 2 is 1.00 bits per heavy atom. The number of unbranched alkanes of at least 4 members (excludes halogenated alkanes) is 12. The van der Waals surface area contributed by atoms with Crippen LogP contribution in [0, 0.1) is 5.92 Å². The first-order chi connectivity index (χ1) is 9.81. The van der Waals surface area contributed by atoms with Gasteiger partial charge in [-0.05, 0) is 12.3 Å². The highest BCUT2D eigenvalue weighted by Gasteiger charge is 2.00. The minimum Gasteiger partial charge on any atom is -0.127 e. The van der Waals surface area contributed by atoms with Gasteiger partial charge in [0.1, 0.15) is 0 Å². The predicted octanol–water partition coefficient (Wildman–Crippen LogP) is 7.73. The van der Waals surface area contributed by atoms with Gasteiger partial charge in [-0.15, -0.1) is 11.6 Å².